The van der Waals surface area contributed by atoms with Crippen molar-refractivity contribution in [1.82, 2.24) is 14.8 Å². The van der Waals surface area contributed by atoms with E-state index in [-0.39, 0.29) is 18.6 Å². The second-order valence-corrected chi connectivity index (χ2v) is 8.37. The fourth-order valence-electron chi connectivity index (χ4n) is 5.03. The van der Waals surface area contributed by atoms with Gasteiger partial charge in [0.25, 0.3) is 0 Å². The minimum absolute atomic E-state index is 0.112. The number of nitrogens with zero attached hydrogens (tertiary/aromatic N) is 3. The first-order valence-corrected chi connectivity index (χ1v) is 10.6. The van der Waals surface area contributed by atoms with Gasteiger partial charge in [-0.15, -0.1) is 0 Å². The molecule has 2 aliphatic rings. The van der Waals surface area contributed by atoms with Gasteiger partial charge in [0.1, 0.15) is 6.61 Å². The SMILES string of the molecule is CCOCC(=O)N1C[C@@H]2CN(Cc3cccc(C)n3)C[C@@H]2[C@H]1c1ccccc1C. The number of carbonyl (C=O) groups excluding carboxylic acids is 1. The molecule has 0 bridgehead atoms. The summed E-state index contributed by atoms with van der Waals surface area (Å²) in [6.45, 7) is 10.6. The van der Waals surface area contributed by atoms with Crippen molar-refractivity contribution in [3.63, 3.8) is 0 Å². The average Bonchev–Trinajstić information content (AvgIpc) is 3.24. The molecular formula is C24H31N3O2. The van der Waals surface area contributed by atoms with E-state index in [1.807, 2.05) is 19.9 Å². The van der Waals surface area contributed by atoms with Crippen LogP contribution in [0.15, 0.2) is 42.5 Å². The number of fused-ring (bicyclic) bond motifs is 1. The van der Waals surface area contributed by atoms with Crippen LogP contribution in [0.25, 0.3) is 0 Å². The molecule has 29 heavy (non-hydrogen) atoms. The number of aryl methyl sites for hydroxylation is 2. The molecule has 0 spiro atoms. The number of amides is 1. The lowest BCUT2D eigenvalue weighted by molar-refractivity contribution is -0.137. The van der Waals surface area contributed by atoms with E-state index in [4.69, 9.17) is 4.74 Å². The Morgan fingerprint density at radius 3 is 2.69 bits per heavy atom. The molecule has 5 nitrogen and oxygen atoms in total. The predicted molar refractivity (Wildman–Crippen MR) is 113 cm³/mol. The quantitative estimate of drug-likeness (QED) is 0.755. The summed E-state index contributed by atoms with van der Waals surface area (Å²) in [7, 11) is 0. The maximum Gasteiger partial charge on any atom is 0.249 e. The van der Waals surface area contributed by atoms with Crippen molar-refractivity contribution in [1.29, 1.82) is 0 Å². The molecule has 5 heteroatoms. The highest BCUT2D eigenvalue weighted by Gasteiger charge is 2.49. The largest absolute Gasteiger partial charge is 0.372 e. The number of carbonyl (C=O) groups is 1. The molecule has 0 saturated carbocycles. The minimum Gasteiger partial charge on any atom is -0.372 e. The first-order chi connectivity index (χ1) is 14.1. The Hall–Kier alpha value is -2.24. The number of rotatable bonds is 6. The van der Waals surface area contributed by atoms with E-state index in [9.17, 15) is 4.79 Å². The lowest BCUT2D eigenvalue weighted by atomic mass is 9.87. The first kappa shape index (κ1) is 20.0. The molecule has 0 radical (unpaired) electrons. The summed E-state index contributed by atoms with van der Waals surface area (Å²) < 4.78 is 5.45. The maximum atomic E-state index is 12.9. The molecule has 1 aromatic heterocycles. The van der Waals surface area contributed by atoms with Gasteiger partial charge in [-0.05, 0) is 49.9 Å². The second-order valence-electron chi connectivity index (χ2n) is 8.37. The van der Waals surface area contributed by atoms with Gasteiger partial charge in [0, 0.05) is 44.4 Å². The van der Waals surface area contributed by atoms with E-state index < -0.39 is 0 Å². The summed E-state index contributed by atoms with van der Waals surface area (Å²) >= 11 is 0. The van der Waals surface area contributed by atoms with Crippen molar-refractivity contribution in [2.24, 2.45) is 11.8 Å². The lowest BCUT2D eigenvalue weighted by Gasteiger charge is -2.31. The topological polar surface area (TPSA) is 45.7 Å². The average molecular weight is 394 g/mol. The fourth-order valence-corrected chi connectivity index (χ4v) is 5.03. The van der Waals surface area contributed by atoms with Crippen LogP contribution in [0, 0.1) is 25.7 Å². The molecule has 2 fully saturated rings. The van der Waals surface area contributed by atoms with Gasteiger partial charge in [0.15, 0.2) is 0 Å². The molecule has 2 saturated heterocycles. The summed E-state index contributed by atoms with van der Waals surface area (Å²) in [5.74, 6) is 1.06. The van der Waals surface area contributed by atoms with Crippen LogP contribution in [-0.4, -0.2) is 53.5 Å². The zero-order chi connectivity index (χ0) is 20.4. The van der Waals surface area contributed by atoms with Crippen LogP contribution in [0.3, 0.4) is 0 Å². The Morgan fingerprint density at radius 2 is 1.93 bits per heavy atom. The molecule has 0 unspecified atom stereocenters. The molecular weight excluding hydrogens is 362 g/mol. The zero-order valence-corrected chi connectivity index (χ0v) is 17.7. The van der Waals surface area contributed by atoms with Gasteiger partial charge in [0.2, 0.25) is 5.91 Å². The van der Waals surface area contributed by atoms with Crippen LogP contribution in [0.4, 0.5) is 0 Å². The van der Waals surface area contributed by atoms with E-state index in [0.29, 0.717) is 18.4 Å². The maximum absolute atomic E-state index is 12.9. The number of hydrogen-bond donors (Lipinski definition) is 0. The predicted octanol–water partition coefficient (Wildman–Crippen LogP) is 3.37. The Morgan fingerprint density at radius 1 is 1.10 bits per heavy atom. The van der Waals surface area contributed by atoms with E-state index in [0.717, 1.165) is 37.6 Å². The molecule has 2 aliphatic heterocycles. The van der Waals surface area contributed by atoms with Crippen LogP contribution in [0.1, 0.15) is 35.5 Å². The molecule has 2 aromatic rings. The minimum atomic E-state index is 0.112. The molecule has 3 atom stereocenters. The van der Waals surface area contributed by atoms with Crippen LogP contribution < -0.4 is 0 Å². The summed E-state index contributed by atoms with van der Waals surface area (Å²) in [5, 5.41) is 0. The van der Waals surface area contributed by atoms with Crippen LogP contribution in [0.2, 0.25) is 0 Å². The highest BCUT2D eigenvalue weighted by atomic mass is 16.5. The fraction of sp³-hybridized carbons (Fsp3) is 0.500. The Kier molecular flexibility index (Phi) is 5.97. The van der Waals surface area contributed by atoms with Gasteiger partial charge in [-0.2, -0.15) is 0 Å². The lowest BCUT2D eigenvalue weighted by Crippen LogP contribution is -2.38. The zero-order valence-electron chi connectivity index (χ0n) is 17.7. The number of hydrogen-bond acceptors (Lipinski definition) is 4. The smallest absolute Gasteiger partial charge is 0.249 e. The van der Waals surface area contributed by atoms with Crippen molar-refractivity contribution >= 4 is 5.91 Å². The monoisotopic (exact) mass is 393 g/mol. The number of aromatic nitrogens is 1. The Labute approximate surface area is 173 Å². The third-order valence-corrected chi connectivity index (χ3v) is 6.33. The number of benzene rings is 1. The van der Waals surface area contributed by atoms with Crippen molar-refractivity contribution in [3.8, 4) is 0 Å². The molecule has 154 valence electrons. The Bertz CT molecular complexity index is 869. The van der Waals surface area contributed by atoms with E-state index >= 15 is 0 Å². The van der Waals surface area contributed by atoms with Gasteiger partial charge < -0.3 is 9.64 Å². The first-order valence-electron chi connectivity index (χ1n) is 10.6. The van der Waals surface area contributed by atoms with E-state index in [1.165, 1.54) is 11.1 Å². The molecule has 3 heterocycles. The number of likely N-dealkylation sites (tertiary alicyclic amines) is 2. The van der Waals surface area contributed by atoms with E-state index in [2.05, 4.69) is 58.1 Å². The van der Waals surface area contributed by atoms with Crippen LogP contribution in [-0.2, 0) is 16.1 Å². The number of pyridine rings is 1. The number of ether oxygens (including phenoxy) is 1. The normalized spacial score (nSPS) is 24.1. The molecule has 1 amide bonds. The standard InChI is InChI=1S/C24H31N3O2/c1-4-29-16-23(28)27-13-19-12-26(14-20-10-7-9-18(3)25-20)15-22(19)24(27)21-11-6-5-8-17(21)2/h5-11,19,22,24H,4,12-16H2,1-3H3/t19-,22-,24+/m0/s1. The molecule has 0 N–H and O–H groups in total. The van der Waals surface area contributed by atoms with Crippen molar-refractivity contribution < 1.29 is 9.53 Å². The van der Waals surface area contributed by atoms with Gasteiger partial charge in [-0.1, -0.05) is 30.3 Å². The third-order valence-electron chi connectivity index (χ3n) is 6.33. The van der Waals surface area contributed by atoms with Crippen LogP contribution >= 0.6 is 0 Å². The Balaban J connectivity index is 1.55. The highest BCUT2D eigenvalue weighted by molar-refractivity contribution is 5.78. The summed E-state index contributed by atoms with van der Waals surface area (Å²) in [4.78, 5) is 22.2. The second kappa shape index (κ2) is 8.64. The van der Waals surface area contributed by atoms with Crippen molar-refractivity contribution in [2.45, 2.75) is 33.4 Å². The van der Waals surface area contributed by atoms with Gasteiger partial charge in [-0.25, -0.2) is 0 Å². The van der Waals surface area contributed by atoms with Crippen LogP contribution in [0.5, 0.6) is 0 Å². The van der Waals surface area contributed by atoms with E-state index in [1.54, 1.807) is 0 Å². The molecule has 0 aliphatic carbocycles. The van der Waals surface area contributed by atoms with Crippen molar-refractivity contribution in [3.05, 3.63) is 65.0 Å². The summed E-state index contributed by atoms with van der Waals surface area (Å²) in [5.41, 5.74) is 4.72. The third kappa shape index (κ3) is 4.21. The highest BCUT2D eigenvalue weighted by Crippen LogP contribution is 2.46. The summed E-state index contributed by atoms with van der Waals surface area (Å²) in [6.07, 6.45) is 0. The van der Waals surface area contributed by atoms with Gasteiger partial charge in [-0.3, -0.25) is 14.7 Å². The summed E-state index contributed by atoms with van der Waals surface area (Å²) in [6, 6.07) is 14.9. The van der Waals surface area contributed by atoms with Gasteiger partial charge in [0.05, 0.1) is 11.7 Å². The van der Waals surface area contributed by atoms with Crippen molar-refractivity contribution in [2.75, 3.05) is 32.8 Å². The van der Waals surface area contributed by atoms with Gasteiger partial charge >= 0.3 is 0 Å². The molecule has 4 rings (SSSR count). The molecule has 1 aromatic carbocycles.